The lowest BCUT2D eigenvalue weighted by Crippen LogP contribution is -2.56. The number of rotatable bonds is 4. The predicted octanol–water partition coefficient (Wildman–Crippen LogP) is 5.04. The summed E-state index contributed by atoms with van der Waals surface area (Å²) < 4.78 is 13.3. The maximum absolute atomic E-state index is 13.5. The molecule has 0 aromatic heterocycles. The van der Waals surface area contributed by atoms with Crippen LogP contribution in [0, 0.1) is 5.82 Å². The van der Waals surface area contributed by atoms with Crippen LogP contribution < -0.4 is 0 Å². The number of hydroxylamine groups is 1. The molecule has 3 amide bonds. The fraction of sp³-hybridized carbons (Fsp3) is 0.185. The molecule has 0 N–H and O–H groups in total. The first-order valence-electron chi connectivity index (χ1n) is 11.2. The smallest absolute Gasteiger partial charge is 0.319 e. The number of urea groups is 1. The maximum atomic E-state index is 13.5. The second-order valence-electron chi connectivity index (χ2n) is 8.27. The number of hydrogen-bond donors (Lipinski definition) is 0. The van der Waals surface area contributed by atoms with Gasteiger partial charge in [-0.05, 0) is 46.9 Å². The van der Waals surface area contributed by atoms with Crippen molar-refractivity contribution in [2.24, 2.45) is 0 Å². The van der Waals surface area contributed by atoms with Crippen LogP contribution in [-0.4, -0.2) is 40.1 Å². The molecule has 0 aliphatic carbocycles. The van der Waals surface area contributed by atoms with Crippen LogP contribution in [-0.2, 0) is 18.0 Å². The number of halogens is 1. The highest BCUT2D eigenvalue weighted by Crippen LogP contribution is 2.27. The van der Waals surface area contributed by atoms with Gasteiger partial charge in [0.2, 0.25) is 0 Å². The number of fused-ring (bicyclic) bond motifs is 1. The second-order valence-corrected chi connectivity index (χ2v) is 8.27. The summed E-state index contributed by atoms with van der Waals surface area (Å²) in [6.07, 6.45) is 2.62. The van der Waals surface area contributed by atoms with Crippen LogP contribution in [0.3, 0.4) is 0 Å². The molecule has 0 atom stereocenters. The molecule has 6 nitrogen and oxygen atoms in total. The number of hydrogen-bond acceptors (Lipinski definition) is 3. The molecule has 0 unspecified atom stereocenters. The molecule has 0 bridgehead atoms. The average Bonchev–Trinajstić information content (AvgIpc) is 2.89. The molecule has 0 saturated carbocycles. The van der Waals surface area contributed by atoms with Crippen molar-refractivity contribution in [2.45, 2.75) is 19.6 Å². The quantitative estimate of drug-likeness (QED) is 0.552. The van der Waals surface area contributed by atoms with Gasteiger partial charge in [-0.2, -0.15) is 0 Å². The molecule has 3 aromatic carbocycles. The summed E-state index contributed by atoms with van der Waals surface area (Å²) in [5.74, 6) is -0.645. The lowest BCUT2D eigenvalue weighted by atomic mass is 9.99. The molecular weight excluding hydrogens is 433 g/mol. The first kappa shape index (κ1) is 21.9. The molecule has 0 fully saturated rings. The summed E-state index contributed by atoms with van der Waals surface area (Å²) in [5, 5.41) is 2.46. The highest BCUT2D eigenvalue weighted by molar-refractivity contribution is 5.97. The van der Waals surface area contributed by atoms with Crippen LogP contribution in [0.25, 0.3) is 5.57 Å². The van der Waals surface area contributed by atoms with E-state index < -0.39 is 0 Å². The Morgan fingerprint density at radius 2 is 1.68 bits per heavy atom. The molecule has 0 radical (unpaired) electrons. The number of nitrogens with zero attached hydrogens (tertiary/aromatic N) is 3. The topological polar surface area (TPSA) is 53.1 Å². The Morgan fingerprint density at radius 1 is 0.941 bits per heavy atom. The Bertz CT molecular complexity index is 1230. The van der Waals surface area contributed by atoms with Gasteiger partial charge in [-0.25, -0.2) is 19.0 Å². The average molecular weight is 458 g/mol. The van der Waals surface area contributed by atoms with Crippen molar-refractivity contribution in [1.82, 2.24) is 15.1 Å². The molecule has 172 valence electrons. The highest BCUT2D eigenvalue weighted by Gasteiger charge is 2.37. The van der Waals surface area contributed by atoms with Crippen LogP contribution in [0.2, 0.25) is 0 Å². The van der Waals surface area contributed by atoms with Crippen LogP contribution in [0.15, 0.2) is 84.9 Å². The van der Waals surface area contributed by atoms with Gasteiger partial charge in [-0.15, -0.1) is 5.17 Å². The fourth-order valence-electron chi connectivity index (χ4n) is 4.22. The summed E-state index contributed by atoms with van der Waals surface area (Å²) >= 11 is 0. The van der Waals surface area contributed by atoms with E-state index in [0.717, 1.165) is 27.4 Å². The summed E-state index contributed by atoms with van der Waals surface area (Å²) in [7, 11) is 0. The molecule has 7 heteroatoms. The Hall–Kier alpha value is -3.97. The van der Waals surface area contributed by atoms with Gasteiger partial charge in [0.1, 0.15) is 12.4 Å². The Kier molecular flexibility index (Phi) is 6.10. The SMILES string of the molecule is O=C(N1CC=C(c2ccc(F)cc2)CC1)N1Cc2ccccc2C(=O)N1OCc1ccccc1. The first-order chi connectivity index (χ1) is 16.6. The Balaban J connectivity index is 1.35. The third-order valence-electron chi connectivity index (χ3n) is 6.07. The minimum absolute atomic E-state index is 0.160. The maximum Gasteiger partial charge on any atom is 0.341 e. The normalized spacial score (nSPS) is 15.7. The zero-order valence-corrected chi connectivity index (χ0v) is 18.6. The summed E-state index contributed by atoms with van der Waals surface area (Å²) in [4.78, 5) is 34.3. The minimum atomic E-state index is -0.370. The number of carbonyl (C=O) groups excluding carboxylic acids is 2. The Labute approximate surface area is 197 Å². The van der Waals surface area contributed by atoms with Crippen LogP contribution in [0.1, 0.15) is 33.5 Å². The van der Waals surface area contributed by atoms with E-state index in [0.29, 0.717) is 25.1 Å². The fourth-order valence-corrected chi connectivity index (χ4v) is 4.22. The van der Waals surface area contributed by atoms with E-state index in [-0.39, 0.29) is 30.9 Å². The largest absolute Gasteiger partial charge is 0.341 e. The number of amides is 3. The lowest BCUT2D eigenvalue weighted by molar-refractivity contribution is -0.239. The summed E-state index contributed by atoms with van der Waals surface area (Å²) in [5.41, 5.74) is 4.22. The number of benzene rings is 3. The van der Waals surface area contributed by atoms with E-state index in [1.807, 2.05) is 48.5 Å². The molecule has 34 heavy (non-hydrogen) atoms. The van der Waals surface area contributed by atoms with E-state index in [4.69, 9.17) is 4.84 Å². The molecule has 2 heterocycles. The van der Waals surface area contributed by atoms with Gasteiger partial charge in [0.15, 0.2) is 0 Å². The van der Waals surface area contributed by atoms with E-state index in [9.17, 15) is 14.0 Å². The molecule has 5 rings (SSSR count). The van der Waals surface area contributed by atoms with Gasteiger partial charge < -0.3 is 4.90 Å². The van der Waals surface area contributed by atoms with Crippen molar-refractivity contribution in [1.29, 1.82) is 0 Å². The number of carbonyl (C=O) groups is 2. The van der Waals surface area contributed by atoms with E-state index in [1.165, 1.54) is 17.1 Å². The molecule has 0 spiro atoms. The third kappa shape index (κ3) is 4.43. The van der Waals surface area contributed by atoms with E-state index >= 15 is 0 Å². The summed E-state index contributed by atoms with van der Waals surface area (Å²) in [6, 6.07) is 22.8. The molecule has 3 aromatic rings. The second kappa shape index (κ2) is 9.49. The lowest BCUT2D eigenvalue weighted by Gasteiger charge is -2.40. The van der Waals surface area contributed by atoms with Crippen molar-refractivity contribution >= 4 is 17.5 Å². The van der Waals surface area contributed by atoms with Crippen LogP contribution in [0.5, 0.6) is 0 Å². The van der Waals surface area contributed by atoms with Crippen LogP contribution in [0.4, 0.5) is 9.18 Å². The van der Waals surface area contributed by atoms with Gasteiger partial charge in [0.05, 0.1) is 6.54 Å². The third-order valence-corrected chi connectivity index (χ3v) is 6.07. The zero-order valence-electron chi connectivity index (χ0n) is 18.6. The molecule has 2 aliphatic heterocycles. The van der Waals surface area contributed by atoms with Crippen molar-refractivity contribution in [2.75, 3.05) is 13.1 Å². The van der Waals surface area contributed by atoms with Gasteiger partial charge in [0.25, 0.3) is 5.91 Å². The standard InChI is InChI=1S/C27H24FN3O3/c28-24-12-10-21(11-13-24)22-14-16-29(17-15-22)27(33)30-18-23-8-4-5-9-25(23)26(32)31(30)34-19-20-6-2-1-3-7-20/h1-14H,15-19H2. The van der Waals surface area contributed by atoms with Crippen molar-refractivity contribution in [3.05, 3.63) is 113 Å². The van der Waals surface area contributed by atoms with Crippen LogP contribution >= 0.6 is 0 Å². The van der Waals surface area contributed by atoms with Crippen molar-refractivity contribution < 1.29 is 18.8 Å². The molecular formula is C27H24FN3O3. The van der Waals surface area contributed by atoms with Gasteiger partial charge >= 0.3 is 6.03 Å². The minimum Gasteiger partial charge on any atom is -0.319 e. The molecule has 2 aliphatic rings. The highest BCUT2D eigenvalue weighted by atomic mass is 19.1. The first-order valence-corrected chi connectivity index (χ1v) is 11.2. The van der Waals surface area contributed by atoms with E-state index in [1.54, 1.807) is 29.2 Å². The van der Waals surface area contributed by atoms with Gasteiger partial charge in [-0.3, -0.25) is 4.79 Å². The summed E-state index contributed by atoms with van der Waals surface area (Å²) in [6.45, 7) is 1.28. The predicted molar refractivity (Wildman–Crippen MR) is 125 cm³/mol. The zero-order chi connectivity index (χ0) is 23.5. The van der Waals surface area contributed by atoms with E-state index in [2.05, 4.69) is 0 Å². The van der Waals surface area contributed by atoms with Gasteiger partial charge in [0, 0.05) is 18.7 Å². The van der Waals surface area contributed by atoms with Crippen molar-refractivity contribution in [3.8, 4) is 0 Å². The van der Waals surface area contributed by atoms with Gasteiger partial charge in [-0.1, -0.05) is 66.7 Å². The molecule has 0 saturated heterocycles. The Morgan fingerprint density at radius 3 is 2.41 bits per heavy atom. The monoisotopic (exact) mass is 457 g/mol. The number of hydrazine groups is 1. The van der Waals surface area contributed by atoms with Crippen molar-refractivity contribution in [3.63, 3.8) is 0 Å².